The highest BCUT2D eigenvalue weighted by molar-refractivity contribution is 5.81. The Morgan fingerprint density at radius 1 is 1.38 bits per heavy atom. The van der Waals surface area contributed by atoms with Gasteiger partial charge in [-0.15, -0.1) is 0 Å². The van der Waals surface area contributed by atoms with Crippen molar-refractivity contribution >= 4 is 5.91 Å². The molecule has 4 nitrogen and oxygen atoms in total. The fraction of sp³-hybridized carbons (Fsp3) is 0.400. The van der Waals surface area contributed by atoms with Gasteiger partial charge >= 0.3 is 0 Å². The zero-order chi connectivity index (χ0) is 15.4. The van der Waals surface area contributed by atoms with Crippen LogP contribution in [0.1, 0.15) is 24.8 Å². The van der Waals surface area contributed by atoms with Crippen LogP contribution in [-0.2, 0) is 11.3 Å². The lowest BCUT2D eigenvalue weighted by atomic mass is 9.88. The van der Waals surface area contributed by atoms with Crippen LogP contribution in [-0.4, -0.2) is 17.1 Å². The van der Waals surface area contributed by atoms with Crippen molar-refractivity contribution in [1.29, 1.82) is 0 Å². The van der Waals surface area contributed by atoms with Gasteiger partial charge in [-0.25, -0.2) is 8.78 Å². The fourth-order valence-corrected chi connectivity index (χ4v) is 2.38. The predicted octanol–water partition coefficient (Wildman–Crippen LogP) is 1.97. The first-order valence-electron chi connectivity index (χ1n) is 6.84. The van der Waals surface area contributed by atoms with Crippen molar-refractivity contribution in [1.82, 2.24) is 5.32 Å². The first-order chi connectivity index (χ1) is 9.99. The molecule has 1 amide bonds. The Labute approximate surface area is 121 Å². The van der Waals surface area contributed by atoms with Gasteiger partial charge in [-0.1, -0.05) is 12.2 Å². The number of aromatic hydroxyl groups is 1. The molecular weight excluding hydrogens is 278 g/mol. The zero-order valence-electron chi connectivity index (χ0n) is 11.5. The van der Waals surface area contributed by atoms with Crippen LogP contribution in [0.5, 0.6) is 5.75 Å². The van der Waals surface area contributed by atoms with Crippen LogP contribution in [0, 0.1) is 17.6 Å². The standard InChI is InChI=1S/C15H18F2N2O2/c16-11-6-9(7-12(17)14(11)20)8-19-15(21)13(18)10-4-2-1-3-5-10/h1-2,6-7,10,13,20H,3-5,8,18H2,(H,19,21). The topological polar surface area (TPSA) is 75.4 Å². The lowest BCUT2D eigenvalue weighted by Crippen LogP contribution is -2.45. The number of nitrogens with two attached hydrogens (primary N) is 1. The van der Waals surface area contributed by atoms with Gasteiger partial charge in [-0.3, -0.25) is 4.79 Å². The summed E-state index contributed by atoms with van der Waals surface area (Å²) in [4.78, 5) is 12.0. The maximum absolute atomic E-state index is 13.2. The van der Waals surface area contributed by atoms with E-state index >= 15 is 0 Å². The summed E-state index contributed by atoms with van der Waals surface area (Å²) in [5.74, 6) is -3.38. The van der Waals surface area contributed by atoms with E-state index in [9.17, 15) is 13.6 Å². The fourth-order valence-electron chi connectivity index (χ4n) is 2.38. The molecule has 0 fully saturated rings. The molecule has 2 rings (SSSR count). The van der Waals surface area contributed by atoms with E-state index in [1.54, 1.807) is 0 Å². The zero-order valence-corrected chi connectivity index (χ0v) is 11.5. The molecule has 1 aliphatic rings. The maximum Gasteiger partial charge on any atom is 0.237 e. The second-order valence-electron chi connectivity index (χ2n) is 5.20. The third-order valence-electron chi connectivity index (χ3n) is 3.66. The first kappa shape index (κ1) is 15.4. The first-order valence-corrected chi connectivity index (χ1v) is 6.84. The summed E-state index contributed by atoms with van der Waals surface area (Å²) in [6.07, 6.45) is 6.58. The number of nitrogens with one attached hydrogen (secondary N) is 1. The Kier molecular flexibility index (Phi) is 4.90. The van der Waals surface area contributed by atoms with Crippen molar-refractivity contribution in [3.63, 3.8) is 0 Å². The van der Waals surface area contributed by atoms with Gasteiger partial charge in [-0.2, -0.15) is 0 Å². The van der Waals surface area contributed by atoms with Crippen LogP contribution in [0.3, 0.4) is 0 Å². The molecule has 0 aliphatic heterocycles. The van der Waals surface area contributed by atoms with Gasteiger partial charge in [0, 0.05) is 6.54 Å². The highest BCUT2D eigenvalue weighted by atomic mass is 19.1. The lowest BCUT2D eigenvalue weighted by molar-refractivity contribution is -0.123. The SMILES string of the molecule is NC(C(=O)NCc1cc(F)c(O)c(F)c1)C1CC=CCC1. The number of hydrogen-bond donors (Lipinski definition) is 3. The van der Waals surface area contributed by atoms with Crippen LogP contribution >= 0.6 is 0 Å². The molecule has 6 heteroatoms. The Hall–Kier alpha value is -1.95. The number of phenols is 1. The van der Waals surface area contributed by atoms with Gasteiger partial charge in [0.05, 0.1) is 6.04 Å². The normalized spacial score (nSPS) is 19.3. The third kappa shape index (κ3) is 3.78. The summed E-state index contributed by atoms with van der Waals surface area (Å²) < 4.78 is 26.4. The Morgan fingerprint density at radius 2 is 2.05 bits per heavy atom. The van der Waals surface area contributed by atoms with Gasteiger partial charge in [0.2, 0.25) is 5.91 Å². The number of rotatable bonds is 4. The summed E-state index contributed by atoms with van der Waals surface area (Å²) in [5, 5.41) is 11.6. The summed E-state index contributed by atoms with van der Waals surface area (Å²) in [5.41, 5.74) is 6.13. The van der Waals surface area contributed by atoms with Crippen LogP contribution in [0.15, 0.2) is 24.3 Å². The molecule has 1 aromatic rings. The average Bonchev–Trinajstić information content (AvgIpc) is 2.50. The largest absolute Gasteiger partial charge is 0.503 e. The van der Waals surface area contributed by atoms with Gasteiger partial charge in [0.1, 0.15) is 0 Å². The summed E-state index contributed by atoms with van der Waals surface area (Å²) in [6.45, 7) is -0.0385. The van der Waals surface area contributed by atoms with E-state index in [1.807, 2.05) is 6.08 Å². The van der Waals surface area contributed by atoms with E-state index in [1.165, 1.54) is 0 Å². The lowest BCUT2D eigenvalue weighted by Gasteiger charge is -2.23. The molecule has 0 bridgehead atoms. The molecule has 1 aliphatic carbocycles. The second-order valence-corrected chi connectivity index (χ2v) is 5.20. The quantitative estimate of drug-likeness (QED) is 0.744. The van der Waals surface area contributed by atoms with Crippen LogP contribution in [0.25, 0.3) is 0 Å². The van der Waals surface area contributed by atoms with Gasteiger partial charge < -0.3 is 16.2 Å². The van der Waals surface area contributed by atoms with E-state index in [-0.39, 0.29) is 23.9 Å². The van der Waals surface area contributed by atoms with Crippen molar-refractivity contribution in [2.75, 3.05) is 0 Å². The molecule has 1 aromatic carbocycles. The highest BCUT2D eigenvalue weighted by Crippen LogP contribution is 2.22. The highest BCUT2D eigenvalue weighted by Gasteiger charge is 2.24. The Morgan fingerprint density at radius 3 is 2.62 bits per heavy atom. The molecule has 0 saturated carbocycles. The number of amides is 1. The van der Waals surface area contributed by atoms with Crippen LogP contribution in [0.4, 0.5) is 8.78 Å². The van der Waals surface area contributed by atoms with E-state index in [0.717, 1.165) is 31.4 Å². The number of phenolic OH excluding ortho intramolecular Hbond substituents is 1. The minimum atomic E-state index is -1.05. The van der Waals surface area contributed by atoms with Gasteiger partial charge in [-0.05, 0) is 42.9 Å². The van der Waals surface area contributed by atoms with Crippen molar-refractivity contribution in [3.05, 3.63) is 41.5 Å². The predicted molar refractivity (Wildman–Crippen MR) is 74.3 cm³/mol. The number of hydrogen-bond acceptors (Lipinski definition) is 3. The number of carbonyl (C=O) groups is 1. The number of carbonyl (C=O) groups excluding carboxylic acids is 1. The van der Waals surface area contributed by atoms with Crippen molar-refractivity contribution < 1.29 is 18.7 Å². The minimum absolute atomic E-state index is 0.0385. The molecule has 21 heavy (non-hydrogen) atoms. The Balaban J connectivity index is 1.93. The summed E-state index contributed by atoms with van der Waals surface area (Å²) in [6, 6.07) is 1.32. The molecule has 0 radical (unpaired) electrons. The molecule has 0 spiro atoms. The van der Waals surface area contributed by atoms with Crippen LogP contribution in [0.2, 0.25) is 0 Å². The van der Waals surface area contributed by atoms with Gasteiger partial charge in [0.15, 0.2) is 17.4 Å². The molecule has 114 valence electrons. The van der Waals surface area contributed by atoms with Crippen molar-refractivity contribution in [2.45, 2.75) is 31.8 Å². The average molecular weight is 296 g/mol. The van der Waals surface area contributed by atoms with Crippen molar-refractivity contribution in [3.8, 4) is 5.75 Å². The molecule has 0 saturated heterocycles. The number of allylic oxidation sites excluding steroid dienone is 2. The summed E-state index contributed by atoms with van der Waals surface area (Å²) in [7, 11) is 0. The van der Waals surface area contributed by atoms with E-state index in [0.29, 0.717) is 0 Å². The van der Waals surface area contributed by atoms with Crippen LogP contribution < -0.4 is 11.1 Å². The molecule has 0 aromatic heterocycles. The molecule has 0 heterocycles. The monoisotopic (exact) mass is 296 g/mol. The summed E-state index contributed by atoms with van der Waals surface area (Å²) >= 11 is 0. The number of halogens is 2. The van der Waals surface area contributed by atoms with Crippen molar-refractivity contribution in [2.24, 2.45) is 11.7 Å². The van der Waals surface area contributed by atoms with E-state index < -0.39 is 23.4 Å². The minimum Gasteiger partial charge on any atom is -0.503 e. The molecule has 2 unspecified atom stereocenters. The maximum atomic E-state index is 13.2. The Bertz CT molecular complexity index is 538. The molecule has 2 atom stereocenters. The molecular formula is C15H18F2N2O2. The van der Waals surface area contributed by atoms with Gasteiger partial charge in [0.25, 0.3) is 0 Å². The third-order valence-corrected chi connectivity index (χ3v) is 3.66. The molecule has 4 N–H and O–H groups in total. The van der Waals surface area contributed by atoms with E-state index in [4.69, 9.17) is 10.8 Å². The smallest absolute Gasteiger partial charge is 0.237 e. The second kappa shape index (κ2) is 6.67. The van der Waals surface area contributed by atoms with E-state index in [2.05, 4.69) is 11.4 Å². The number of benzene rings is 1.